The van der Waals surface area contributed by atoms with Gasteiger partial charge in [0.25, 0.3) is 0 Å². The molecule has 1 spiro atoms. The maximum Gasteiger partial charge on any atom is 0.244 e. The van der Waals surface area contributed by atoms with Gasteiger partial charge in [0.2, 0.25) is 17.8 Å². The number of hydrogen-bond donors (Lipinski definition) is 2. The normalized spacial score (nSPS) is 26.2. The lowest BCUT2D eigenvalue weighted by Gasteiger charge is -2.42. The zero-order valence-corrected chi connectivity index (χ0v) is 24.4. The molecule has 2 amide bonds. The first kappa shape index (κ1) is 27.5. The number of hydrogen-bond acceptors (Lipinski definition) is 8. The monoisotopic (exact) mass is 576 g/mol. The second kappa shape index (κ2) is 11.1. The average Bonchev–Trinajstić information content (AvgIpc) is 3.65. The molecule has 1 atom stereocenters. The fraction of sp³-hybridized carbons (Fsp3) is 0.613. The van der Waals surface area contributed by atoms with Gasteiger partial charge in [0.1, 0.15) is 17.1 Å². The van der Waals surface area contributed by atoms with Gasteiger partial charge in [-0.1, -0.05) is 12.8 Å². The van der Waals surface area contributed by atoms with Gasteiger partial charge in [-0.25, -0.2) is 9.37 Å². The van der Waals surface area contributed by atoms with Crippen molar-refractivity contribution in [2.45, 2.75) is 63.5 Å². The molecule has 0 radical (unpaired) electrons. The Hall–Kier alpha value is -3.31. The molecule has 4 aliphatic heterocycles. The number of fused-ring (bicyclic) bond motifs is 1. The van der Waals surface area contributed by atoms with Crippen LogP contribution >= 0.6 is 0 Å². The third-order valence-corrected chi connectivity index (χ3v) is 10.2. The number of rotatable bonds is 5. The summed E-state index contributed by atoms with van der Waals surface area (Å²) in [6.45, 7) is 6.66. The van der Waals surface area contributed by atoms with E-state index in [0.717, 1.165) is 83.4 Å². The minimum absolute atomic E-state index is 0.0293. The zero-order chi connectivity index (χ0) is 28.8. The second-order valence-electron chi connectivity index (χ2n) is 12.8. The minimum atomic E-state index is -1.06. The molecule has 1 aromatic carbocycles. The molecule has 5 heterocycles. The molecule has 11 heteroatoms. The van der Waals surface area contributed by atoms with Gasteiger partial charge in [0.15, 0.2) is 0 Å². The number of nitrogens with one attached hydrogen (secondary N) is 2. The van der Waals surface area contributed by atoms with Gasteiger partial charge in [-0.15, -0.1) is 0 Å². The van der Waals surface area contributed by atoms with Crippen LogP contribution in [0, 0.1) is 11.2 Å². The Morgan fingerprint density at radius 1 is 1.00 bits per heavy atom. The summed E-state index contributed by atoms with van der Waals surface area (Å²) in [5, 5.41) is 6.03. The number of nitrogens with zero attached hydrogens (tertiary/aromatic N) is 6. The molecule has 2 N–H and O–H groups in total. The summed E-state index contributed by atoms with van der Waals surface area (Å²) in [4.78, 5) is 44.9. The third kappa shape index (κ3) is 4.90. The highest BCUT2D eigenvalue weighted by Gasteiger charge is 2.56. The van der Waals surface area contributed by atoms with Crippen LogP contribution in [0.25, 0.3) is 0 Å². The van der Waals surface area contributed by atoms with Crippen molar-refractivity contribution in [1.29, 1.82) is 0 Å². The van der Waals surface area contributed by atoms with Gasteiger partial charge in [0, 0.05) is 81.8 Å². The van der Waals surface area contributed by atoms with Crippen molar-refractivity contribution in [2.75, 3.05) is 68.0 Å². The quantitative estimate of drug-likeness (QED) is 0.525. The molecule has 224 valence electrons. The number of carbonyl (C=O) groups excluding carboxylic acids is 2. The summed E-state index contributed by atoms with van der Waals surface area (Å²) in [7, 11) is 2.18. The molecule has 4 fully saturated rings. The third-order valence-electron chi connectivity index (χ3n) is 10.2. The van der Waals surface area contributed by atoms with E-state index < -0.39 is 5.41 Å². The van der Waals surface area contributed by atoms with Crippen molar-refractivity contribution in [2.24, 2.45) is 5.41 Å². The Morgan fingerprint density at radius 2 is 1.76 bits per heavy atom. The van der Waals surface area contributed by atoms with Gasteiger partial charge in [-0.2, -0.15) is 4.98 Å². The number of halogens is 1. The zero-order valence-electron chi connectivity index (χ0n) is 24.4. The molecule has 2 aromatic rings. The Labute approximate surface area is 246 Å². The lowest BCUT2D eigenvalue weighted by Crippen LogP contribution is -2.56. The molecular weight excluding hydrogens is 535 g/mol. The SMILES string of the molecule is CN1CCN(C2CCN(c3ccc(Nc4ncc5c(n4)N(C4CCCC4)C(=O)[C@]4(CCNC4=O)C5)cc3F)CC2)CC1. The number of carbonyl (C=O) groups is 2. The summed E-state index contributed by atoms with van der Waals surface area (Å²) >= 11 is 0. The molecule has 0 unspecified atom stereocenters. The Morgan fingerprint density at radius 3 is 2.45 bits per heavy atom. The van der Waals surface area contributed by atoms with E-state index in [1.165, 1.54) is 6.07 Å². The Kier molecular flexibility index (Phi) is 7.26. The number of benzene rings is 1. The molecule has 3 saturated heterocycles. The fourth-order valence-electron chi connectivity index (χ4n) is 7.69. The topological polar surface area (TPSA) is 96.9 Å². The van der Waals surface area contributed by atoms with E-state index in [4.69, 9.17) is 4.98 Å². The smallest absolute Gasteiger partial charge is 0.244 e. The van der Waals surface area contributed by atoms with Crippen LogP contribution in [0.1, 0.15) is 50.5 Å². The molecule has 10 nitrogen and oxygen atoms in total. The predicted octanol–water partition coefficient (Wildman–Crippen LogP) is 2.91. The maximum atomic E-state index is 15.4. The first-order valence-corrected chi connectivity index (χ1v) is 15.6. The van der Waals surface area contributed by atoms with E-state index >= 15 is 4.39 Å². The van der Waals surface area contributed by atoms with Crippen molar-refractivity contribution < 1.29 is 14.0 Å². The van der Waals surface area contributed by atoms with E-state index in [1.54, 1.807) is 11.1 Å². The number of likely N-dealkylation sites (N-methyl/N-ethyl adjacent to an activating group) is 1. The first-order chi connectivity index (χ1) is 20.4. The lowest BCUT2D eigenvalue weighted by atomic mass is 9.76. The van der Waals surface area contributed by atoms with Crippen molar-refractivity contribution in [1.82, 2.24) is 25.1 Å². The van der Waals surface area contributed by atoms with Gasteiger partial charge in [0.05, 0.1) is 5.69 Å². The van der Waals surface area contributed by atoms with Crippen LogP contribution in [-0.4, -0.2) is 96.5 Å². The van der Waals surface area contributed by atoms with E-state index in [-0.39, 0.29) is 23.7 Å². The van der Waals surface area contributed by atoms with Crippen molar-refractivity contribution in [3.63, 3.8) is 0 Å². The summed E-state index contributed by atoms with van der Waals surface area (Å²) in [6.07, 6.45) is 8.52. The highest BCUT2D eigenvalue weighted by atomic mass is 19.1. The van der Waals surface area contributed by atoms with Crippen molar-refractivity contribution in [3.05, 3.63) is 35.8 Å². The summed E-state index contributed by atoms with van der Waals surface area (Å²) < 4.78 is 15.4. The maximum absolute atomic E-state index is 15.4. The van der Waals surface area contributed by atoms with E-state index in [1.807, 2.05) is 12.1 Å². The summed E-state index contributed by atoms with van der Waals surface area (Å²) in [5.41, 5.74) is 0.934. The van der Waals surface area contributed by atoms with E-state index in [9.17, 15) is 9.59 Å². The van der Waals surface area contributed by atoms with Crippen LogP contribution in [0.4, 0.5) is 27.5 Å². The molecular formula is C31H41FN8O2. The van der Waals surface area contributed by atoms with E-state index in [2.05, 4.69) is 37.4 Å². The number of piperazine rings is 1. The second-order valence-corrected chi connectivity index (χ2v) is 12.8. The standard InChI is InChI=1S/C31H41FN8O2/c1-37-14-16-38(17-15-37)23-8-12-39(13-9-23)26-7-6-22(18-25(26)32)35-30-34-20-21-19-31(10-11-33-28(31)41)29(42)40(27(21)36-30)24-4-2-3-5-24/h6-7,18,20,23-24H,2-5,8-17,19H2,1H3,(H,33,41)(H,34,35,36)/t31-/m1/s1. The number of anilines is 4. The van der Waals surface area contributed by atoms with Crippen LogP contribution < -0.4 is 20.4 Å². The molecule has 0 bridgehead atoms. The Balaban J connectivity index is 1.06. The van der Waals surface area contributed by atoms with Crippen LogP contribution in [-0.2, 0) is 16.0 Å². The first-order valence-electron chi connectivity index (χ1n) is 15.6. The summed E-state index contributed by atoms with van der Waals surface area (Å²) in [6, 6.07) is 5.81. The fourth-order valence-corrected chi connectivity index (χ4v) is 7.69. The molecule has 1 aromatic heterocycles. The molecule has 1 saturated carbocycles. The van der Waals surface area contributed by atoms with Crippen molar-refractivity contribution >= 4 is 35.0 Å². The van der Waals surface area contributed by atoms with Gasteiger partial charge in [-0.05, 0) is 57.4 Å². The van der Waals surface area contributed by atoms with Gasteiger partial charge < -0.3 is 20.4 Å². The molecule has 7 rings (SSSR count). The molecule has 1 aliphatic carbocycles. The van der Waals surface area contributed by atoms with Crippen LogP contribution in [0.3, 0.4) is 0 Å². The van der Waals surface area contributed by atoms with Crippen molar-refractivity contribution in [3.8, 4) is 0 Å². The summed E-state index contributed by atoms with van der Waals surface area (Å²) in [5.74, 6) is 0.287. The van der Waals surface area contributed by atoms with Crippen LogP contribution in [0.5, 0.6) is 0 Å². The van der Waals surface area contributed by atoms with E-state index in [0.29, 0.717) is 48.6 Å². The lowest BCUT2D eigenvalue weighted by molar-refractivity contribution is -0.140. The molecule has 5 aliphatic rings. The highest BCUT2D eigenvalue weighted by molar-refractivity contribution is 6.14. The Bertz CT molecular complexity index is 1350. The van der Waals surface area contributed by atoms with Gasteiger partial charge in [-0.3, -0.25) is 19.4 Å². The largest absolute Gasteiger partial charge is 0.369 e. The molecule has 42 heavy (non-hydrogen) atoms. The average molecular weight is 577 g/mol. The van der Waals surface area contributed by atoms with Gasteiger partial charge >= 0.3 is 0 Å². The predicted molar refractivity (Wildman–Crippen MR) is 160 cm³/mol. The van der Waals surface area contributed by atoms with Crippen LogP contribution in [0.15, 0.2) is 24.4 Å². The number of piperidine rings is 1. The minimum Gasteiger partial charge on any atom is -0.369 e. The highest BCUT2D eigenvalue weighted by Crippen LogP contribution is 2.44. The number of amides is 2. The van der Waals surface area contributed by atoms with Crippen LogP contribution in [0.2, 0.25) is 0 Å². The number of aromatic nitrogens is 2.